The summed E-state index contributed by atoms with van der Waals surface area (Å²) in [5.74, 6) is -1.79. The van der Waals surface area contributed by atoms with E-state index in [0.29, 0.717) is 18.7 Å². The molecule has 0 aromatic heterocycles. The van der Waals surface area contributed by atoms with Gasteiger partial charge in [0.15, 0.2) is 5.75 Å². The number of carbonyl (C=O) groups excluding carboxylic acids is 2. The molecule has 2 unspecified atom stereocenters. The first-order valence-corrected chi connectivity index (χ1v) is 6.07. The van der Waals surface area contributed by atoms with E-state index in [9.17, 15) is 14.7 Å². The molecular weight excluding hydrogens is 248 g/mol. The zero-order valence-electron chi connectivity index (χ0n) is 10.6. The maximum atomic E-state index is 11.8. The van der Waals surface area contributed by atoms with Crippen LogP contribution in [0.3, 0.4) is 0 Å². The van der Waals surface area contributed by atoms with Crippen LogP contribution in [-0.4, -0.2) is 29.6 Å². The van der Waals surface area contributed by atoms with E-state index in [1.807, 2.05) is 19.1 Å². The van der Waals surface area contributed by atoms with E-state index in [-0.39, 0.29) is 0 Å². The van der Waals surface area contributed by atoms with Gasteiger partial charge in [0.1, 0.15) is 5.92 Å². The first-order chi connectivity index (χ1) is 9.08. The van der Waals surface area contributed by atoms with Crippen molar-refractivity contribution in [3.63, 3.8) is 0 Å². The monoisotopic (exact) mass is 264 g/mol. The van der Waals surface area contributed by atoms with Crippen molar-refractivity contribution in [2.75, 3.05) is 6.54 Å². The van der Waals surface area contributed by atoms with Gasteiger partial charge in [0.05, 0.1) is 6.10 Å². The molecule has 1 saturated heterocycles. The number of hydrogen-bond acceptors (Lipinski definition) is 4. The molecule has 1 aromatic rings. The Morgan fingerprint density at radius 1 is 1.42 bits per heavy atom. The maximum Gasteiger partial charge on any atom is 0.267 e. The predicted octanol–water partition coefficient (Wildman–Crippen LogP) is -0.0980. The van der Waals surface area contributed by atoms with E-state index in [1.54, 1.807) is 12.1 Å². The minimum Gasteiger partial charge on any atom is -0.392 e. The lowest BCUT2D eigenvalue weighted by Gasteiger charge is -2.25. The number of aryl methyl sites for hydroxylation is 1. The van der Waals surface area contributed by atoms with Gasteiger partial charge in [-0.15, -0.1) is 0 Å². The van der Waals surface area contributed by atoms with Gasteiger partial charge in [-0.2, -0.15) is 5.48 Å². The number of piperidine rings is 1. The Morgan fingerprint density at radius 2 is 2.11 bits per heavy atom. The van der Waals surface area contributed by atoms with Crippen LogP contribution >= 0.6 is 0 Å². The standard InChI is InChI=1S/C13H16N2O4/c1-8-2-4-9(5-3-8)19-15-13(18)11-10(16)6-7-14-12(11)17/h2-5,10-11,16H,6-7H2,1H3,(H,14,17)(H,15,18). The highest BCUT2D eigenvalue weighted by atomic mass is 16.7. The van der Waals surface area contributed by atoms with Gasteiger partial charge in [0.25, 0.3) is 5.91 Å². The molecule has 6 heteroatoms. The highest BCUT2D eigenvalue weighted by Crippen LogP contribution is 2.14. The lowest BCUT2D eigenvalue weighted by molar-refractivity contribution is -0.146. The summed E-state index contributed by atoms with van der Waals surface area (Å²) in [6.45, 7) is 2.31. The van der Waals surface area contributed by atoms with Gasteiger partial charge in [-0.25, -0.2) is 0 Å². The van der Waals surface area contributed by atoms with Crippen LogP contribution in [-0.2, 0) is 9.59 Å². The highest BCUT2D eigenvalue weighted by molar-refractivity contribution is 6.01. The number of amides is 2. The van der Waals surface area contributed by atoms with E-state index in [0.717, 1.165) is 5.56 Å². The van der Waals surface area contributed by atoms with Gasteiger partial charge in [-0.3, -0.25) is 9.59 Å². The summed E-state index contributed by atoms with van der Waals surface area (Å²) in [4.78, 5) is 28.4. The topological polar surface area (TPSA) is 87.7 Å². The van der Waals surface area contributed by atoms with Gasteiger partial charge >= 0.3 is 0 Å². The van der Waals surface area contributed by atoms with Crippen molar-refractivity contribution in [3.8, 4) is 5.75 Å². The number of rotatable bonds is 3. The quantitative estimate of drug-likeness (QED) is 0.525. The third-order valence-electron chi connectivity index (χ3n) is 2.98. The van der Waals surface area contributed by atoms with E-state index in [4.69, 9.17) is 4.84 Å². The average molecular weight is 264 g/mol. The summed E-state index contributed by atoms with van der Waals surface area (Å²) >= 11 is 0. The Balaban J connectivity index is 1.93. The number of nitrogens with one attached hydrogen (secondary N) is 2. The molecule has 2 rings (SSSR count). The van der Waals surface area contributed by atoms with E-state index in [2.05, 4.69) is 10.8 Å². The minimum atomic E-state index is -1.13. The van der Waals surface area contributed by atoms with Gasteiger partial charge in [0, 0.05) is 6.54 Å². The molecule has 3 N–H and O–H groups in total. The third kappa shape index (κ3) is 3.23. The Morgan fingerprint density at radius 3 is 2.74 bits per heavy atom. The van der Waals surface area contributed by atoms with Crippen molar-refractivity contribution in [3.05, 3.63) is 29.8 Å². The highest BCUT2D eigenvalue weighted by Gasteiger charge is 2.37. The zero-order chi connectivity index (χ0) is 13.8. The van der Waals surface area contributed by atoms with Crippen LogP contribution in [0.1, 0.15) is 12.0 Å². The predicted molar refractivity (Wildman–Crippen MR) is 67.1 cm³/mol. The molecule has 6 nitrogen and oxygen atoms in total. The van der Waals surface area contributed by atoms with Crippen molar-refractivity contribution < 1.29 is 19.5 Å². The molecule has 0 spiro atoms. The van der Waals surface area contributed by atoms with Crippen LogP contribution in [0.4, 0.5) is 0 Å². The Hall–Kier alpha value is -2.08. The fourth-order valence-corrected chi connectivity index (χ4v) is 1.87. The first-order valence-electron chi connectivity index (χ1n) is 6.07. The fourth-order valence-electron chi connectivity index (χ4n) is 1.87. The van der Waals surface area contributed by atoms with Crippen LogP contribution in [0.15, 0.2) is 24.3 Å². The molecule has 1 aromatic carbocycles. The molecule has 0 saturated carbocycles. The lowest BCUT2D eigenvalue weighted by Crippen LogP contribution is -2.52. The second kappa shape index (κ2) is 5.71. The minimum absolute atomic E-state index is 0.356. The molecule has 19 heavy (non-hydrogen) atoms. The summed E-state index contributed by atoms with van der Waals surface area (Å²) in [7, 11) is 0. The van der Waals surface area contributed by atoms with Crippen molar-refractivity contribution >= 4 is 11.8 Å². The molecule has 0 aliphatic carbocycles. The van der Waals surface area contributed by atoms with Crippen molar-refractivity contribution in [2.24, 2.45) is 5.92 Å². The normalized spacial score (nSPS) is 22.5. The van der Waals surface area contributed by atoms with Crippen LogP contribution in [0.25, 0.3) is 0 Å². The molecule has 2 atom stereocenters. The summed E-state index contributed by atoms with van der Waals surface area (Å²) in [5, 5.41) is 12.2. The van der Waals surface area contributed by atoms with Crippen molar-refractivity contribution in [2.45, 2.75) is 19.4 Å². The Kier molecular flexibility index (Phi) is 4.01. The molecule has 1 heterocycles. The summed E-state index contributed by atoms with van der Waals surface area (Å²) in [6, 6.07) is 7.08. The number of benzene rings is 1. The second-order valence-corrected chi connectivity index (χ2v) is 4.51. The van der Waals surface area contributed by atoms with E-state index in [1.165, 1.54) is 0 Å². The maximum absolute atomic E-state index is 11.8. The summed E-state index contributed by atoms with van der Waals surface area (Å²) in [6.07, 6.45) is -0.621. The smallest absolute Gasteiger partial charge is 0.267 e. The van der Waals surface area contributed by atoms with Crippen LogP contribution in [0.5, 0.6) is 5.75 Å². The van der Waals surface area contributed by atoms with E-state index < -0.39 is 23.8 Å². The van der Waals surface area contributed by atoms with Crippen LogP contribution in [0.2, 0.25) is 0 Å². The van der Waals surface area contributed by atoms with Crippen molar-refractivity contribution in [1.29, 1.82) is 0 Å². The van der Waals surface area contributed by atoms with Crippen molar-refractivity contribution in [1.82, 2.24) is 10.8 Å². The Labute approximate surface area is 110 Å². The van der Waals surface area contributed by atoms with Gasteiger partial charge < -0.3 is 15.3 Å². The van der Waals surface area contributed by atoms with Crippen LogP contribution < -0.4 is 15.6 Å². The number of aliphatic hydroxyl groups excluding tert-OH is 1. The number of aliphatic hydroxyl groups is 1. The molecule has 102 valence electrons. The van der Waals surface area contributed by atoms with E-state index >= 15 is 0 Å². The molecule has 0 bridgehead atoms. The van der Waals surface area contributed by atoms with Crippen LogP contribution in [0, 0.1) is 12.8 Å². The molecule has 1 aliphatic rings. The Bertz CT molecular complexity index is 472. The number of hydrogen-bond donors (Lipinski definition) is 3. The third-order valence-corrected chi connectivity index (χ3v) is 2.98. The summed E-state index contributed by atoms with van der Waals surface area (Å²) in [5.41, 5.74) is 3.26. The molecule has 1 fully saturated rings. The second-order valence-electron chi connectivity index (χ2n) is 4.51. The SMILES string of the molecule is Cc1ccc(ONC(=O)C2C(=O)NCCC2O)cc1. The number of carbonyl (C=O) groups is 2. The van der Waals surface area contributed by atoms with Gasteiger partial charge in [-0.1, -0.05) is 17.7 Å². The first kappa shape index (κ1) is 13.4. The van der Waals surface area contributed by atoms with Gasteiger partial charge in [0.2, 0.25) is 5.91 Å². The lowest BCUT2D eigenvalue weighted by atomic mass is 9.95. The average Bonchev–Trinajstić information content (AvgIpc) is 2.38. The number of hydroxylamine groups is 1. The fraction of sp³-hybridized carbons (Fsp3) is 0.385. The molecule has 0 radical (unpaired) electrons. The molecule has 1 aliphatic heterocycles. The van der Waals surface area contributed by atoms with Gasteiger partial charge in [-0.05, 0) is 25.5 Å². The summed E-state index contributed by atoms with van der Waals surface area (Å²) < 4.78 is 0. The zero-order valence-corrected chi connectivity index (χ0v) is 10.6. The molecular formula is C13H16N2O4. The largest absolute Gasteiger partial charge is 0.392 e. The molecule has 2 amide bonds.